The van der Waals surface area contributed by atoms with Crippen molar-refractivity contribution in [2.75, 3.05) is 0 Å². The van der Waals surface area contributed by atoms with Crippen LogP contribution in [0.5, 0.6) is 0 Å². The Balaban J connectivity index is 2.07. The second-order valence-electron chi connectivity index (χ2n) is 5.20. The molecule has 0 amide bonds. The molecule has 0 spiro atoms. The first-order valence-electron chi connectivity index (χ1n) is 6.73. The summed E-state index contributed by atoms with van der Waals surface area (Å²) in [5.74, 6) is -1.30. The molecule has 3 nitrogen and oxygen atoms in total. The first kappa shape index (κ1) is 13.5. The number of aliphatic carboxylic acids is 1. The highest BCUT2D eigenvalue weighted by atomic mass is 19.1. The SMILES string of the molecule is O=C(O)[C@]1(c2ccccc2)C=C(c2cncc(F)c2)CC1. The lowest BCUT2D eigenvalue weighted by atomic mass is 9.80. The predicted octanol–water partition coefficient (Wildman–Crippen LogP) is 3.42. The molecule has 0 saturated heterocycles. The van der Waals surface area contributed by atoms with Crippen molar-refractivity contribution in [2.45, 2.75) is 18.3 Å². The molecule has 1 atom stereocenters. The molecule has 106 valence electrons. The van der Waals surface area contributed by atoms with Gasteiger partial charge in [-0.25, -0.2) is 4.39 Å². The van der Waals surface area contributed by atoms with E-state index in [-0.39, 0.29) is 0 Å². The Hall–Kier alpha value is -2.49. The maximum Gasteiger partial charge on any atom is 0.318 e. The summed E-state index contributed by atoms with van der Waals surface area (Å²) in [4.78, 5) is 15.7. The number of allylic oxidation sites excluding steroid dienone is 1. The summed E-state index contributed by atoms with van der Waals surface area (Å²) in [6.45, 7) is 0. The molecule has 0 aliphatic heterocycles. The van der Waals surface area contributed by atoms with Crippen molar-refractivity contribution in [1.29, 1.82) is 0 Å². The van der Waals surface area contributed by atoms with Gasteiger partial charge in [-0.2, -0.15) is 0 Å². The fourth-order valence-corrected chi connectivity index (χ4v) is 2.84. The van der Waals surface area contributed by atoms with Crippen molar-refractivity contribution in [3.8, 4) is 0 Å². The summed E-state index contributed by atoms with van der Waals surface area (Å²) in [6, 6.07) is 10.5. The average molecular weight is 283 g/mol. The zero-order valence-corrected chi connectivity index (χ0v) is 11.3. The highest BCUT2D eigenvalue weighted by Crippen LogP contribution is 2.42. The zero-order chi connectivity index (χ0) is 14.9. The van der Waals surface area contributed by atoms with Gasteiger partial charge in [-0.1, -0.05) is 36.4 Å². The molecule has 3 rings (SSSR count). The van der Waals surface area contributed by atoms with Gasteiger partial charge < -0.3 is 5.11 Å². The van der Waals surface area contributed by atoms with Gasteiger partial charge in [0.15, 0.2) is 0 Å². The van der Waals surface area contributed by atoms with Crippen LogP contribution in [-0.4, -0.2) is 16.1 Å². The average Bonchev–Trinajstić information content (AvgIpc) is 2.95. The van der Waals surface area contributed by atoms with Crippen molar-refractivity contribution < 1.29 is 14.3 Å². The number of hydrogen-bond acceptors (Lipinski definition) is 2. The van der Waals surface area contributed by atoms with E-state index < -0.39 is 17.2 Å². The van der Waals surface area contributed by atoms with Crippen LogP contribution in [0.4, 0.5) is 4.39 Å². The number of rotatable bonds is 3. The van der Waals surface area contributed by atoms with Crippen LogP contribution in [0.2, 0.25) is 0 Å². The van der Waals surface area contributed by atoms with Crippen LogP contribution in [0.25, 0.3) is 5.57 Å². The summed E-state index contributed by atoms with van der Waals surface area (Å²) in [7, 11) is 0. The largest absolute Gasteiger partial charge is 0.480 e. The van der Waals surface area contributed by atoms with Crippen molar-refractivity contribution in [2.24, 2.45) is 0 Å². The van der Waals surface area contributed by atoms with Gasteiger partial charge in [-0.3, -0.25) is 9.78 Å². The van der Waals surface area contributed by atoms with Gasteiger partial charge >= 0.3 is 5.97 Å². The summed E-state index contributed by atoms with van der Waals surface area (Å²) in [5.41, 5.74) is 1.18. The van der Waals surface area contributed by atoms with Crippen molar-refractivity contribution in [3.05, 3.63) is 71.8 Å². The molecule has 1 aliphatic carbocycles. The molecule has 0 radical (unpaired) electrons. The van der Waals surface area contributed by atoms with E-state index in [1.165, 1.54) is 6.07 Å². The minimum Gasteiger partial charge on any atom is -0.480 e. The smallest absolute Gasteiger partial charge is 0.318 e. The Labute approximate surface area is 121 Å². The van der Waals surface area contributed by atoms with E-state index in [1.54, 1.807) is 12.3 Å². The Morgan fingerprint density at radius 3 is 2.67 bits per heavy atom. The maximum absolute atomic E-state index is 13.3. The number of benzene rings is 1. The quantitative estimate of drug-likeness (QED) is 0.939. The lowest BCUT2D eigenvalue weighted by Crippen LogP contribution is -2.31. The second-order valence-corrected chi connectivity index (χ2v) is 5.20. The van der Waals surface area contributed by atoms with Crippen LogP contribution < -0.4 is 0 Å². The Morgan fingerprint density at radius 1 is 1.24 bits per heavy atom. The van der Waals surface area contributed by atoms with E-state index >= 15 is 0 Å². The van der Waals surface area contributed by atoms with Gasteiger partial charge in [0, 0.05) is 6.20 Å². The van der Waals surface area contributed by atoms with Crippen LogP contribution in [0, 0.1) is 5.82 Å². The number of pyridine rings is 1. The zero-order valence-electron chi connectivity index (χ0n) is 11.3. The van der Waals surface area contributed by atoms with Crippen LogP contribution in [0.1, 0.15) is 24.0 Å². The molecule has 4 heteroatoms. The predicted molar refractivity (Wildman–Crippen MR) is 77.2 cm³/mol. The summed E-state index contributed by atoms with van der Waals surface area (Å²) in [6.07, 6.45) is 5.50. The Kier molecular flexibility index (Phi) is 3.29. The van der Waals surface area contributed by atoms with Gasteiger partial charge in [0.05, 0.1) is 6.20 Å². The molecule has 1 aromatic carbocycles. The maximum atomic E-state index is 13.3. The number of nitrogens with zero attached hydrogens (tertiary/aromatic N) is 1. The monoisotopic (exact) mass is 283 g/mol. The van der Waals surface area contributed by atoms with Crippen molar-refractivity contribution in [3.63, 3.8) is 0 Å². The van der Waals surface area contributed by atoms with Crippen molar-refractivity contribution >= 4 is 11.5 Å². The number of carbonyl (C=O) groups is 1. The van der Waals surface area contributed by atoms with E-state index in [4.69, 9.17) is 0 Å². The summed E-state index contributed by atoms with van der Waals surface area (Å²) in [5, 5.41) is 9.70. The highest BCUT2D eigenvalue weighted by molar-refractivity contribution is 5.89. The molecule has 1 aromatic heterocycles. The Morgan fingerprint density at radius 2 is 2.00 bits per heavy atom. The van der Waals surface area contributed by atoms with Gasteiger partial charge in [0.1, 0.15) is 11.2 Å². The van der Waals surface area contributed by atoms with Gasteiger partial charge in [0.2, 0.25) is 0 Å². The number of carboxylic acid groups (broad SMARTS) is 1. The fourth-order valence-electron chi connectivity index (χ4n) is 2.84. The molecule has 1 N–H and O–H groups in total. The van der Waals surface area contributed by atoms with Crippen LogP contribution in [0.3, 0.4) is 0 Å². The molecule has 21 heavy (non-hydrogen) atoms. The van der Waals surface area contributed by atoms with Gasteiger partial charge in [0.25, 0.3) is 0 Å². The fraction of sp³-hybridized carbons (Fsp3) is 0.176. The van der Waals surface area contributed by atoms with E-state index in [0.29, 0.717) is 18.4 Å². The minimum atomic E-state index is -1.04. The number of aromatic nitrogens is 1. The molecule has 0 fully saturated rings. The molecular formula is C17H14FNO2. The molecular weight excluding hydrogens is 269 g/mol. The third-order valence-electron chi connectivity index (χ3n) is 3.96. The number of hydrogen-bond donors (Lipinski definition) is 1. The number of carboxylic acids is 1. The van der Waals surface area contributed by atoms with Crippen molar-refractivity contribution in [1.82, 2.24) is 4.98 Å². The highest BCUT2D eigenvalue weighted by Gasteiger charge is 2.42. The number of halogens is 1. The molecule has 0 unspecified atom stereocenters. The minimum absolute atomic E-state index is 0.416. The molecule has 0 saturated carbocycles. The molecule has 1 aliphatic rings. The third kappa shape index (κ3) is 2.33. The van der Waals surface area contributed by atoms with E-state index in [9.17, 15) is 14.3 Å². The standard InChI is InChI=1S/C17H14FNO2/c18-15-8-13(10-19-11-15)12-6-7-17(9-12,16(20)21)14-4-2-1-3-5-14/h1-5,8-11H,6-7H2,(H,20,21)/t17-/m0/s1. The van der Waals surface area contributed by atoms with Crippen LogP contribution >= 0.6 is 0 Å². The first-order valence-corrected chi connectivity index (χ1v) is 6.73. The summed E-state index contributed by atoms with van der Waals surface area (Å²) < 4.78 is 13.3. The van der Waals surface area contributed by atoms with E-state index in [0.717, 1.165) is 17.3 Å². The third-order valence-corrected chi connectivity index (χ3v) is 3.96. The van der Waals surface area contributed by atoms with E-state index in [1.807, 2.05) is 30.3 Å². The summed E-state index contributed by atoms with van der Waals surface area (Å²) >= 11 is 0. The lowest BCUT2D eigenvalue weighted by molar-refractivity contribution is -0.141. The molecule has 0 bridgehead atoms. The van der Waals surface area contributed by atoms with Gasteiger partial charge in [-0.15, -0.1) is 0 Å². The molecule has 1 heterocycles. The first-order chi connectivity index (χ1) is 10.1. The van der Waals surface area contributed by atoms with E-state index in [2.05, 4.69) is 4.98 Å². The van der Waals surface area contributed by atoms with Gasteiger partial charge in [-0.05, 0) is 35.6 Å². The van der Waals surface area contributed by atoms with Crippen LogP contribution in [0.15, 0.2) is 54.9 Å². The topological polar surface area (TPSA) is 50.2 Å². The van der Waals surface area contributed by atoms with Crippen LogP contribution in [-0.2, 0) is 10.2 Å². The second kappa shape index (κ2) is 5.13. The normalized spacial score (nSPS) is 21.1. The Bertz CT molecular complexity index is 712. The lowest BCUT2D eigenvalue weighted by Gasteiger charge is -2.22. The molecule has 2 aromatic rings.